The number of urea groups is 1. The molecule has 1 aromatic heterocycles. The average molecular weight is 331 g/mol. The number of hydrogen-bond donors (Lipinski definition) is 1. The molecular weight excluding hydrogens is 306 g/mol. The highest BCUT2D eigenvalue weighted by Crippen LogP contribution is 2.13. The van der Waals surface area contributed by atoms with Crippen molar-refractivity contribution in [2.24, 2.45) is 0 Å². The normalized spacial score (nSPS) is 17.9. The molecule has 2 fully saturated rings. The van der Waals surface area contributed by atoms with Crippen molar-refractivity contribution in [1.29, 1.82) is 0 Å². The summed E-state index contributed by atoms with van der Waals surface area (Å²) in [6, 6.07) is 5.83. The van der Waals surface area contributed by atoms with Crippen LogP contribution < -0.4 is 10.2 Å². The summed E-state index contributed by atoms with van der Waals surface area (Å²) in [4.78, 5) is 34.4. The second-order valence-corrected chi connectivity index (χ2v) is 6.23. The average Bonchev–Trinajstić information content (AvgIpc) is 3.17. The van der Waals surface area contributed by atoms with E-state index in [1.807, 2.05) is 28.0 Å². The van der Waals surface area contributed by atoms with E-state index in [4.69, 9.17) is 0 Å². The second-order valence-electron chi connectivity index (χ2n) is 6.23. The number of nitrogens with zero attached hydrogens (tertiary/aromatic N) is 4. The Balaban J connectivity index is 1.37. The molecular formula is C17H25N5O2. The summed E-state index contributed by atoms with van der Waals surface area (Å²) < 4.78 is 0. The molecule has 0 bridgehead atoms. The van der Waals surface area contributed by atoms with Gasteiger partial charge in [-0.05, 0) is 25.0 Å². The van der Waals surface area contributed by atoms with E-state index in [0.717, 1.165) is 44.8 Å². The number of carbonyl (C=O) groups excluding carboxylic acids is 2. The van der Waals surface area contributed by atoms with Crippen molar-refractivity contribution in [3.8, 4) is 0 Å². The fourth-order valence-electron chi connectivity index (χ4n) is 3.19. The van der Waals surface area contributed by atoms with Crippen molar-refractivity contribution in [3.63, 3.8) is 0 Å². The lowest BCUT2D eigenvalue weighted by Gasteiger charge is -2.35. The molecule has 0 atom stereocenters. The van der Waals surface area contributed by atoms with Crippen LogP contribution in [0.25, 0.3) is 0 Å². The zero-order valence-corrected chi connectivity index (χ0v) is 14.0. The predicted octanol–water partition coefficient (Wildman–Crippen LogP) is 0.926. The molecule has 3 rings (SSSR count). The molecule has 0 unspecified atom stereocenters. The number of nitrogens with one attached hydrogen (secondary N) is 1. The number of amides is 3. The Hall–Kier alpha value is -2.31. The molecule has 3 heterocycles. The Kier molecular flexibility index (Phi) is 5.51. The van der Waals surface area contributed by atoms with Gasteiger partial charge in [0.25, 0.3) is 0 Å². The van der Waals surface area contributed by atoms with Crippen LogP contribution >= 0.6 is 0 Å². The number of likely N-dealkylation sites (tertiary alicyclic amines) is 1. The van der Waals surface area contributed by atoms with Gasteiger partial charge in [-0.2, -0.15) is 0 Å². The molecule has 0 saturated carbocycles. The fourth-order valence-corrected chi connectivity index (χ4v) is 3.19. The molecule has 1 aromatic rings. The van der Waals surface area contributed by atoms with Crippen LogP contribution in [0, 0.1) is 0 Å². The minimum Gasteiger partial charge on any atom is -0.353 e. The Bertz CT molecular complexity index is 551. The first-order valence-corrected chi connectivity index (χ1v) is 8.70. The predicted molar refractivity (Wildman–Crippen MR) is 91.9 cm³/mol. The Labute approximate surface area is 142 Å². The van der Waals surface area contributed by atoms with Gasteiger partial charge in [0.2, 0.25) is 5.91 Å². The number of aromatic nitrogens is 1. The third-order valence-corrected chi connectivity index (χ3v) is 4.61. The number of anilines is 1. The monoisotopic (exact) mass is 331 g/mol. The van der Waals surface area contributed by atoms with Gasteiger partial charge in [-0.15, -0.1) is 0 Å². The second kappa shape index (κ2) is 7.99. The van der Waals surface area contributed by atoms with Crippen LogP contribution in [0.5, 0.6) is 0 Å². The van der Waals surface area contributed by atoms with E-state index in [1.54, 1.807) is 6.20 Å². The summed E-state index contributed by atoms with van der Waals surface area (Å²) in [7, 11) is 0. The molecule has 2 aliphatic heterocycles. The third-order valence-electron chi connectivity index (χ3n) is 4.61. The van der Waals surface area contributed by atoms with Crippen LogP contribution in [-0.4, -0.2) is 72.5 Å². The maximum absolute atomic E-state index is 12.3. The van der Waals surface area contributed by atoms with Crippen LogP contribution in [0.15, 0.2) is 24.4 Å². The quantitative estimate of drug-likeness (QED) is 0.891. The molecule has 24 heavy (non-hydrogen) atoms. The van der Waals surface area contributed by atoms with Gasteiger partial charge in [0.1, 0.15) is 5.82 Å². The van der Waals surface area contributed by atoms with Crippen LogP contribution in [0.4, 0.5) is 10.6 Å². The van der Waals surface area contributed by atoms with Gasteiger partial charge in [-0.25, -0.2) is 9.78 Å². The molecule has 7 heteroatoms. The van der Waals surface area contributed by atoms with Crippen LogP contribution in [0.3, 0.4) is 0 Å². The van der Waals surface area contributed by atoms with Crippen molar-refractivity contribution < 1.29 is 9.59 Å². The first-order chi connectivity index (χ1) is 11.7. The van der Waals surface area contributed by atoms with Crippen molar-refractivity contribution >= 4 is 17.8 Å². The summed E-state index contributed by atoms with van der Waals surface area (Å²) >= 11 is 0. The molecule has 2 saturated heterocycles. The van der Waals surface area contributed by atoms with E-state index in [0.29, 0.717) is 26.1 Å². The SMILES string of the molecule is O=C(CCNC(=O)N1CCCC1)N1CCN(c2ccccn2)CC1. The summed E-state index contributed by atoms with van der Waals surface area (Å²) in [6.45, 7) is 5.07. The molecule has 0 aliphatic carbocycles. The Morgan fingerprint density at radius 2 is 1.75 bits per heavy atom. The number of piperazine rings is 1. The topological polar surface area (TPSA) is 68.8 Å². The lowest BCUT2D eigenvalue weighted by atomic mass is 10.2. The van der Waals surface area contributed by atoms with E-state index in [-0.39, 0.29) is 11.9 Å². The van der Waals surface area contributed by atoms with Gasteiger partial charge >= 0.3 is 6.03 Å². The summed E-state index contributed by atoms with van der Waals surface area (Å²) in [5.74, 6) is 1.07. The standard InChI is InChI=1S/C17H25N5O2/c23-16(6-8-19-17(24)22-9-3-4-10-22)21-13-11-20(12-14-21)15-5-1-2-7-18-15/h1-2,5,7H,3-4,6,8-14H2,(H,19,24). The van der Waals surface area contributed by atoms with Gasteiger partial charge < -0.3 is 20.0 Å². The van der Waals surface area contributed by atoms with E-state index >= 15 is 0 Å². The molecule has 0 spiro atoms. The highest BCUT2D eigenvalue weighted by atomic mass is 16.2. The summed E-state index contributed by atoms with van der Waals surface area (Å²) in [6.07, 6.45) is 4.30. The Morgan fingerprint density at radius 1 is 1.00 bits per heavy atom. The molecule has 7 nitrogen and oxygen atoms in total. The van der Waals surface area contributed by atoms with E-state index in [9.17, 15) is 9.59 Å². The maximum atomic E-state index is 12.3. The lowest BCUT2D eigenvalue weighted by Crippen LogP contribution is -2.49. The van der Waals surface area contributed by atoms with Gasteiger partial charge in [0.15, 0.2) is 0 Å². The highest BCUT2D eigenvalue weighted by molar-refractivity contribution is 5.78. The van der Waals surface area contributed by atoms with Gasteiger partial charge in [0.05, 0.1) is 0 Å². The summed E-state index contributed by atoms with van der Waals surface area (Å²) in [5, 5.41) is 2.85. The Morgan fingerprint density at radius 3 is 2.42 bits per heavy atom. The van der Waals surface area contributed by atoms with Crippen molar-refractivity contribution in [2.75, 3.05) is 50.7 Å². The third kappa shape index (κ3) is 4.15. The number of rotatable bonds is 4. The van der Waals surface area contributed by atoms with E-state index in [2.05, 4.69) is 15.2 Å². The fraction of sp³-hybridized carbons (Fsp3) is 0.588. The molecule has 0 aromatic carbocycles. The number of carbonyl (C=O) groups is 2. The van der Waals surface area contributed by atoms with E-state index in [1.165, 1.54) is 0 Å². The van der Waals surface area contributed by atoms with Gasteiger partial charge in [0, 0.05) is 58.4 Å². The summed E-state index contributed by atoms with van der Waals surface area (Å²) in [5.41, 5.74) is 0. The zero-order valence-electron chi connectivity index (χ0n) is 14.0. The number of pyridine rings is 1. The largest absolute Gasteiger partial charge is 0.353 e. The number of hydrogen-bond acceptors (Lipinski definition) is 4. The molecule has 0 radical (unpaired) electrons. The minimum absolute atomic E-state index is 0.0414. The van der Waals surface area contributed by atoms with Crippen LogP contribution in [0.2, 0.25) is 0 Å². The van der Waals surface area contributed by atoms with Crippen LogP contribution in [-0.2, 0) is 4.79 Å². The van der Waals surface area contributed by atoms with Crippen molar-refractivity contribution in [2.45, 2.75) is 19.3 Å². The van der Waals surface area contributed by atoms with Crippen molar-refractivity contribution in [1.82, 2.24) is 20.1 Å². The van der Waals surface area contributed by atoms with Gasteiger partial charge in [-0.3, -0.25) is 4.79 Å². The maximum Gasteiger partial charge on any atom is 0.317 e. The highest BCUT2D eigenvalue weighted by Gasteiger charge is 2.22. The van der Waals surface area contributed by atoms with Crippen LogP contribution in [0.1, 0.15) is 19.3 Å². The smallest absolute Gasteiger partial charge is 0.317 e. The molecule has 3 amide bonds. The van der Waals surface area contributed by atoms with E-state index < -0.39 is 0 Å². The minimum atomic E-state index is -0.0414. The van der Waals surface area contributed by atoms with Gasteiger partial charge in [-0.1, -0.05) is 6.07 Å². The lowest BCUT2D eigenvalue weighted by molar-refractivity contribution is -0.131. The first kappa shape index (κ1) is 16.5. The molecule has 2 aliphatic rings. The first-order valence-electron chi connectivity index (χ1n) is 8.70. The molecule has 1 N–H and O–H groups in total. The molecule has 130 valence electrons. The zero-order chi connectivity index (χ0) is 16.8. The van der Waals surface area contributed by atoms with Crippen molar-refractivity contribution in [3.05, 3.63) is 24.4 Å².